The van der Waals surface area contributed by atoms with Crippen LogP contribution in [-0.2, 0) is 16.8 Å². The molecular weight excluding hydrogens is 344 g/mol. The molecule has 0 saturated carbocycles. The monoisotopic (exact) mass is 364 g/mol. The van der Waals surface area contributed by atoms with Crippen LogP contribution in [0.4, 0.5) is 0 Å². The van der Waals surface area contributed by atoms with Crippen molar-refractivity contribution in [3.8, 4) is 0 Å². The van der Waals surface area contributed by atoms with Crippen molar-refractivity contribution in [3.63, 3.8) is 0 Å². The number of aromatic amines is 1. The van der Waals surface area contributed by atoms with Crippen LogP contribution in [0.1, 0.15) is 47.4 Å². The molecule has 2 aliphatic rings. The van der Waals surface area contributed by atoms with Crippen molar-refractivity contribution in [2.75, 3.05) is 6.61 Å². The van der Waals surface area contributed by atoms with E-state index in [4.69, 9.17) is 16.3 Å². The van der Waals surface area contributed by atoms with Crippen molar-refractivity contribution >= 4 is 22.9 Å². The molecule has 4 heterocycles. The molecule has 2 aromatic heterocycles. The summed E-state index contributed by atoms with van der Waals surface area (Å²) in [6.45, 7) is 4.93. The fourth-order valence-electron chi connectivity index (χ4n) is 4.22. The zero-order chi connectivity index (χ0) is 16.9. The summed E-state index contributed by atoms with van der Waals surface area (Å²) in [6.07, 6.45) is 4.57. The van der Waals surface area contributed by atoms with E-state index in [2.05, 4.69) is 23.3 Å². The Morgan fingerprint density at radius 1 is 1.38 bits per heavy atom. The van der Waals surface area contributed by atoms with Gasteiger partial charge in [0.05, 0.1) is 10.9 Å². The van der Waals surface area contributed by atoms with Crippen LogP contribution < -0.4 is 10.9 Å². The van der Waals surface area contributed by atoms with Gasteiger partial charge in [0.25, 0.3) is 0 Å². The second-order valence-corrected chi connectivity index (χ2v) is 8.65. The molecule has 24 heavy (non-hydrogen) atoms. The average Bonchev–Trinajstić information content (AvgIpc) is 2.89. The number of thiophene rings is 1. The second kappa shape index (κ2) is 5.99. The van der Waals surface area contributed by atoms with Crippen LogP contribution in [-0.4, -0.2) is 17.6 Å². The maximum absolute atomic E-state index is 11.5. The number of ether oxygens (including phenoxy) is 1. The molecule has 1 spiro atoms. The Balaban J connectivity index is 1.75. The van der Waals surface area contributed by atoms with Crippen LogP contribution in [0.5, 0.6) is 0 Å². The SMILES string of the molecule is Cc1cc(=O)[nH]cc1[C@@H]1C[C@]2(C[C@H](C)N1)OCCc1cc(Cl)sc12. The third-order valence-corrected chi connectivity index (χ3v) is 6.64. The van der Waals surface area contributed by atoms with E-state index >= 15 is 0 Å². The summed E-state index contributed by atoms with van der Waals surface area (Å²) in [7, 11) is 0. The summed E-state index contributed by atoms with van der Waals surface area (Å²) in [4.78, 5) is 15.6. The molecule has 1 fully saturated rings. The number of nitrogens with one attached hydrogen (secondary N) is 2. The Morgan fingerprint density at radius 2 is 2.21 bits per heavy atom. The molecule has 0 aromatic carbocycles. The van der Waals surface area contributed by atoms with Crippen LogP contribution >= 0.6 is 22.9 Å². The van der Waals surface area contributed by atoms with Crippen molar-refractivity contribution in [3.05, 3.63) is 54.6 Å². The maximum atomic E-state index is 11.5. The Bertz CT molecular complexity index is 831. The highest BCUT2D eigenvalue weighted by molar-refractivity contribution is 7.16. The molecule has 2 N–H and O–H groups in total. The highest BCUT2D eigenvalue weighted by Gasteiger charge is 2.46. The first-order chi connectivity index (χ1) is 11.5. The summed E-state index contributed by atoms with van der Waals surface area (Å²) in [6, 6.07) is 4.23. The molecule has 3 atom stereocenters. The van der Waals surface area contributed by atoms with Crippen molar-refractivity contribution in [1.29, 1.82) is 0 Å². The van der Waals surface area contributed by atoms with Gasteiger partial charge < -0.3 is 15.0 Å². The number of piperidine rings is 1. The summed E-state index contributed by atoms with van der Waals surface area (Å²) in [5, 5.41) is 3.67. The molecule has 0 unspecified atom stereocenters. The van der Waals surface area contributed by atoms with Crippen LogP contribution in [0.25, 0.3) is 0 Å². The number of rotatable bonds is 1. The lowest BCUT2D eigenvalue weighted by atomic mass is 9.78. The number of aryl methyl sites for hydroxylation is 1. The highest BCUT2D eigenvalue weighted by atomic mass is 35.5. The van der Waals surface area contributed by atoms with Gasteiger partial charge in [0, 0.05) is 35.6 Å². The maximum Gasteiger partial charge on any atom is 0.248 e. The van der Waals surface area contributed by atoms with Gasteiger partial charge in [0.2, 0.25) is 5.56 Å². The minimum atomic E-state index is -0.275. The minimum absolute atomic E-state index is 0.0592. The lowest BCUT2D eigenvalue weighted by Crippen LogP contribution is -2.49. The van der Waals surface area contributed by atoms with Gasteiger partial charge >= 0.3 is 0 Å². The lowest BCUT2D eigenvalue weighted by molar-refractivity contribution is -0.0955. The first-order valence-corrected chi connectivity index (χ1v) is 9.54. The molecule has 0 amide bonds. The normalized spacial score (nSPS) is 29.6. The summed E-state index contributed by atoms with van der Waals surface area (Å²) >= 11 is 7.95. The van der Waals surface area contributed by atoms with E-state index in [-0.39, 0.29) is 17.2 Å². The van der Waals surface area contributed by atoms with E-state index in [1.54, 1.807) is 17.4 Å². The van der Waals surface area contributed by atoms with Crippen molar-refractivity contribution in [2.24, 2.45) is 0 Å². The number of hydrogen-bond donors (Lipinski definition) is 2. The van der Waals surface area contributed by atoms with Gasteiger partial charge in [-0.2, -0.15) is 0 Å². The van der Waals surface area contributed by atoms with Gasteiger partial charge in [-0.1, -0.05) is 11.6 Å². The molecule has 0 radical (unpaired) electrons. The molecular formula is C18H21ClN2O2S. The number of pyridine rings is 1. The van der Waals surface area contributed by atoms with Gasteiger partial charge in [-0.15, -0.1) is 11.3 Å². The average molecular weight is 365 g/mol. The Hall–Kier alpha value is -1.14. The summed E-state index contributed by atoms with van der Waals surface area (Å²) < 4.78 is 7.21. The zero-order valence-corrected chi connectivity index (χ0v) is 15.4. The summed E-state index contributed by atoms with van der Waals surface area (Å²) in [5.41, 5.74) is 3.15. The Labute approximate surface area is 150 Å². The highest BCUT2D eigenvalue weighted by Crippen LogP contribution is 2.50. The molecule has 0 bridgehead atoms. The van der Waals surface area contributed by atoms with E-state index in [0.717, 1.165) is 41.3 Å². The Morgan fingerprint density at radius 3 is 3.00 bits per heavy atom. The molecule has 128 valence electrons. The molecule has 4 rings (SSSR count). The fourth-order valence-corrected chi connectivity index (χ4v) is 5.68. The van der Waals surface area contributed by atoms with Gasteiger partial charge in [0.1, 0.15) is 5.60 Å². The smallest absolute Gasteiger partial charge is 0.248 e. The third-order valence-electron chi connectivity index (χ3n) is 5.15. The topological polar surface area (TPSA) is 54.1 Å². The van der Waals surface area contributed by atoms with Crippen LogP contribution in [0, 0.1) is 6.92 Å². The molecule has 4 nitrogen and oxygen atoms in total. The first-order valence-electron chi connectivity index (χ1n) is 8.35. The van der Waals surface area contributed by atoms with Gasteiger partial charge in [0.15, 0.2) is 0 Å². The minimum Gasteiger partial charge on any atom is -0.369 e. The van der Waals surface area contributed by atoms with Crippen molar-refractivity contribution in [1.82, 2.24) is 10.3 Å². The molecule has 1 saturated heterocycles. The standard InChI is InChI=1S/C18H21ClN2O2S/c1-10-5-16(22)20-9-13(10)14-8-18(7-11(2)21-14)17-12(3-4-23-18)6-15(19)24-17/h5-6,9,11,14,21H,3-4,7-8H2,1-2H3,(H,20,22)/t11-,14-,18-/m0/s1. The first kappa shape index (κ1) is 16.3. The van der Waals surface area contributed by atoms with E-state index in [1.807, 2.05) is 13.1 Å². The van der Waals surface area contributed by atoms with Crippen LogP contribution in [0.3, 0.4) is 0 Å². The quantitative estimate of drug-likeness (QED) is 0.811. The van der Waals surface area contributed by atoms with E-state index in [1.165, 1.54) is 10.4 Å². The molecule has 2 aromatic rings. The summed E-state index contributed by atoms with van der Waals surface area (Å²) in [5.74, 6) is 0. The van der Waals surface area contributed by atoms with E-state index < -0.39 is 0 Å². The number of fused-ring (bicyclic) bond motifs is 2. The van der Waals surface area contributed by atoms with Gasteiger partial charge in [-0.3, -0.25) is 4.79 Å². The molecule has 6 heteroatoms. The third kappa shape index (κ3) is 2.73. The predicted octanol–water partition coefficient (Wildman–Crippen LogP) is 3.68. The van der Waals surface area contributed by atoms with E-state index in [9.17, 15) is 4.79 Å². The van der Waals surface area contributed by atoms with E-state index in [0.29, 0.717) is 6.04 Å². The lowest BCUT2D eigenvalue weighted by Gasteiger charge is -2.46. The predicted molar refractivity (Wildman–Crippen MR) is 97.0 cm³/mol. The van der Waals surface area contributed by atoms with Crippen LogP contribution in [0.15, 0.2) is 23.1 Å². The number of hydrogen-bond acceptors (Lipinski definition) is 4. The largest absolute Gasteiger partial charge is 0.369 e. The second-order valence-electron chi connectivity index (χ2n) is 6.96. The van der Waals surface area contributed by atoms with Crippen LogP contribution in [0.2, 0.25) is 4.34 Å². The number of halogens is 1. The van der Waals surface area contributed by atoms with Crippen molar-refractivity contribution < 1.29 is 4.74 Å². The molecule has 2 aliphatic heterocycles. The van der Waals surface area contributed by atoms with Gasteiger partial charge in [-0.05, 0) is 49.4 Å². The zero-order valence-electron chi connectivity index (χ0n) is 13.8. The molecule has 0 aliphatic carbocycles. The number of aromatic nitrogens is 1. The van der Waals surface area contributed by atoms with Gasteiger partial charge in [-0.25, -0.2) is 0 Å². The number of H-pyrrole nitrogens is 1. The Kier molecular flexibility index (Phi) is 4.07. The fraction of sp³-hybridized carbons (Fsp3) is 0.500. The van der Waals surface area contributed by atoms with Crippen molar-refractivity contribution in [2.45, 2.75) is 50.8 Å².